The fourth-order valence-electron chi connectivity index (χ4n) is 2.78. The molecule has 7 nitrogen and oxygen atoms in total. The van der Waals surface area contributed by atoms with Crippen molar-refractivity contribution in [1.82, 2.24) is 25.3 Å². The van der Waals surface area contributed by atoms with Crippen LogP contribution in [0.2, 0.25) is 0 Å². The second kappa shape index (κ2) is 6.00. The molecule has 1 atom stereocenters. The minimum Gasteiger partial charge on any atom is -0.363 e. The number of hydrogen-bond acceptors (Lipinski definition) is 7. The van der Waals surface area contributed by atoms with E-state index in [9.17, 15) is 0 Å². The van der Waals surface area contributed by atoms with E-state index in [-0.39, 0.29) is 5.60 Å². The predicted molar refractivity (Wildman–Crippen MR) is 78.0 cm³/mol. The molecule has 0 radical (unpaired) electrons. The summed E-state index contributed by atoms with van der Waals surface area (Å²) in [6, 6.07) is 0.448. The highest BCUT2D eigenvalue weighted by Crippen LogP contribution is 2.17. The minimum absolute atomic E-state index is 0.0824. The fourth-order valence-corrected chi connectivity index (χ4v) is 2.78. The number of nitrogens with zero attached hydrogens (tertiary/aromatic N) is 4. The molecule has 1 unspecified atom stereocenters. The van der Waals surface area contributed by atoms with Crippen LogP contribution in [-0.4, -0.2) is 78.4 Å². The highest BCUT2D eigenvalue weighted by Gasteiger charge is 2.33. The van der Waals surface area contributed by atoms with Crippen molar-refractivity contribution in [3.05, 3.63) is 11.7 Å². The summed E-state index contributed by atoms with van der Waals surface area (Å²) in [6.45, 7) is 7.49. The molecule has 2 aliphatic heterocycles. The van der Waals surface area contributed by atoms with E-state index in [1.807, 2.05) is 0 Å². The number of aromatic nitrogens is 2. The van der Waals surface area contributed by atoms with Crippen LogP contribution in [0.5, 0.6) is 0 Å². The molecule has 2 saturated heterocycles. The lowest BCUT2D eigenvalue weighted by molar-refractivity contribution is -0.0841. The normalized spacial score (nSPS) is 26.7. The Morgan fingerprint density at radius 2 is 2.19 bits per heavy atom. The summed E-state index contributed by atoms with van der Waals surface area (Å²) >= 11 is 0. The molecule has 1 aromatic heterocycles. The molecule has 21 heavy (non-hydrogen) atoms. The Hall–Kier alpha value is -1.02. The molecule has 2 aliphatic rings. The molecule has 118 valence electrons. The van der Waals surface area contributed by atoms with Gasteiger partial charge >= 0.3 is 0 Å². The maximum absolute atomic E-state index is 5.82. The van der Waals surface area contributed by atoms with Gasteiger partial charge in [0.05, 0.1) is 5.60 Å². The molecule has 1 aromatic rings. The van der Waals surface area contributed by atoms with Crippen molar-refractivity contribution in [3.63, 3.8) is 0 Å². The molecule has 7 heteroatoms. The average molecular weight is 295 g/mol. The first-order valence-electron chi connectivity index (χ1n) is 7.59. The van der Waals surface area contributed by atoms with Crippen molar-refractivity contribution in [3.8, 4) is 0 Å². The minimum atomic E-state index is -0.0824. The predicted octanol–water partition coefficient (Wildman–Crippen LogP) is -0.264. The smallest absolute Gasteiger partial charge is 0.252 e. The topological polar surface area (TPSA) is 66.7 Å². The first-order valence-corrected chi connectivity index (χ1v) is 7.59. The second-order valence-electron chi connectivity index (χ2n) is 6.55. The van der Waals surface area contributed by atoms with Crippen LogP contribution in [0.1, 0.15) is 18.6 Å². The van der Waals surface area contributed by atoms with E-state index in [1.54, 1.807) is 0 Å². The van der Waals surface area contributed by atoms with Gasteiger partial charge in [0.25, 0.3) is 5.89 Å². The van der Waals surface area contributed by atoms with Crippen LogP contribution in [0.3, 0.4) is 0 Å². The lowest BCUT2D eigenvalue weighted by Gasteiger charge is -2.38. The number of ether oxygens (including phenoxy) is 1. The zero-order valence-electron chi connectivity index (χ0n) is 13.1. The van der Waals surface area contributed by atoms with Gasteiger partial charge in [0, 0.05) is 45.2 Å². The van der Waals surface area contributed by atoms with Gasteiger partial charge in [-0.3, -0.25) is 0 Å². The number of likely N-dealkylation sites (N-methyl/N-ethyl adjacent to an activating group) is 2. The molecule has 3 heterocycles. The van der Waals surface area contributed by atoms with Crippen LogP contribution in [0.15, 0.2) is 4.52 Å². The van der Waals surface area contributed by atoms with Gasteiger partial charge in [0.2, 0.25) is 0 Å². The Balaban J connectivity index is 1.52. The van der Waals surface area contributed by atoms with E-state index < -0.39 is 0 Å². The lowest BCUT2D eigenvalue weighted by Crippen LogP contribution is -2.58. The third-order valence-corrected chi connectivity index (χ3v) is 4.45. The van der Waals surface area contributed by atoms with Crippen molar-refractivity contribution < 1.29 is 9.26 Å². The summed E-state index contributed by atoms with van der Waals surface area (Å²) in [4.78, 5) is 9.17. The van der Waals surface area contributed by atoms with Crippen molar-refractivity contribution in [2.45, 2.75) is 31.6 Å². The molecule has 0 bridgehead atoms. The van der Waals surface area contributed by atoms with Crippen molar-refractivity contribution in [2.75, 3.05) is 46.8 Å². The second-order valence-corrected chi connectivity index (χ2v) is 6.55. The van der Waals surface area contributed by atoms with Gasteiger partial charge in [-0.15, -0.1) is 0 Å². The third-order valence-electron chi connectivity index (χ3n) is 4.45. The van der Waals surface area contributed by atoms with Crippen molar-refractivity contribution in [1.29, 1.82) is 0 Å². The molecule has 0 aliphatic carbocycles. The summed E-state index contributed by atoms with van der Waals surface area (Å²) in [6.07, 6.45) is 0.823. The van der Waals surface area contributed by atoms with Crippen LogP contribution in [0.4, 0.5) is 0 Å². The van der Waals surface area contributed by atoms with E-state index in [4.69, 9.17) is 9.26 Å². The zero-order valence-corrected chi connectivity index (χ0v) is 13.1. The maximum atomic E-state index is 5.82. The summed E-state index contributed by atoms with van der Waals surface area (Å²) in [7, 11) is 4.31. The molecule has 1 N–H and O–H groups in total. The standard InChI is InChI=1S/C14H25N5O2/c1-14(9-15-10-14)20-8-13-16-12(17-21-13)6-11-7-18(2)4-5-19(11)3/h11,15H,4-10H2,1-3H3. The number of hydrogen-bond donors (Lipinski definition) is 1. The quantitative estimate of drug-likeness (QED) is 0.802. The van der Waals surface area contributed by atoms with Crippen LogP contribution in [0, 0.1) is 0 Å². The van der Waals surface area contributed by atoms with Crippen LogP contribution < -0.4 is 5.32 Å². The van der Waals surface area contributed by atoms with E-state index in [1.165, 1.54) is 0 Å². The van der Waals surface area contributed by atoms with Crippen molar-refractivity contribution >= 4 is 0 Å². The van der Waals surface area contributed by atoms with Crippen LogP contribution in [0.25, 0.3) is 0 Å². The first-order chi connectivity index (χ1) is 10.0. The fraction of sp³-hybridized carbons (Fsp3) is 0.857. The summed E-state index contributed by atoms with van der Waals surface area (Å²) in [5.41, 5.74) is -0.0824. The monoisotopic (exact) mass is 295 g/mol. The largest absolute Gasteiger partial charge is 0.363 e. The van der Waals surface area contributed by atoms with E-state index >= 15 is 0 Å². The summed E-state index contributed by atoms with van der Waals surface area (Å²) in [5.74, 6) is 1.35. The van der Waals surface area contributed by atoms with Gasteiger partial charge in [0.1, 0.15) is 6.61 Å². The summed E-state index contributed by atoms with van der Waals surface area (Å²) < 4.78 is 11.1. The maximum Gasteiger partial charge on any atom is 0.252 e. The number of nitrogens with one attached hydrogen (secondary N) is 1. The molecular formula is C14H25N5O2. The van der Waals surface area contributed by atoms with E-state index in [0.29, 0.717) is 18.5 Å². The van der Waals surface area contributed by atoms with Crippen LogP contribution >= 0.6 is 0 Å². The SMILES string of the molecule is CN1CCN(C)C(Cc2noc(COC3(C)CNC3)n2)C1. The van der Waals surface area contributed by atoms with E-state index in [0.717, 1.165) is 45.0 Å². The van der Waals surface area contributed by atoms with Gasteiger partial charge in [-0.25, -0.2) is 0 Å². The molecule has 3 rings (SSSR count). The molecule has 0 spiro atoms. The Bertz CT molecular complexity index is 474. The Kier molecular flexibility index (Phi) is 4.26. The third kappa shape index (κ3) is 3.60. The molecular weight excluding hydrogens is 270 g/mol. The van der Waals surface area contributed by atoms with Gasteiger partial charge < -0.3 is 24.4 Å². The molecule has 0 amide bonds. The van der Waals surface area contributed by atoms with Gasteiger partial charge in [0.15, 0.2) is 5.82 Å². The Morgan fingerprint density at radius 1 is 1.38 bits per heavy atom. The van der Waals surface area contributed by atoms with Gasteiger partial charge in [-0.1, -0.05) is 5.16 Å². The molecule has 0 aromatic carbocycles. The first kappa shape index (κ1) is 14.9. The number of rotatable bonds is 5. The average Bonchev–Trinajstić information content (AvgIpc) is 2.86. The molecule has 2 fully saturated rings. The Morgan fingerprint density at radius 3 is 2.90 bits per heavy atom. The molecule has 0 saturated carbocycles. The summed E-state index contributed by atoms with van der Waals surface area (Å²) in [5, 5.41) is 7.29. The van der Waals surface area contributed by atoms with Gasteiger partial charge in [-0.2, -0.15) is 4.98 Å². The lowest BCUT2D eigenvalue weighted by atomic mass is 10.0. The highest BCUT2D eigenvalue weighted by atomic mass is 16.5. The van der Waals surface area contributed by atoms with Crippen LogP contribution in [-0.2, 0) is 17.8 Å². The van der Waals surface area contributed by atoms with E-state index in [2.05, 4.69) is 46.3 Å². The zero-order chi connectivity index (χ0) is 14.9. The van der Waals surface area contributed by atoms with Crippen molar-refractivity contribution in [2.24, 2.45) is 0 Å². The highest BCUT2D eigenvalue weighted by molar-refractivity contribution is 4.94. The Labute approximate surface area is 125 Å². The number of piperazine rings is 1. The van der Waals surface area contributed by atoms with Gasteiger partial charge in [-0.05, 0) is 21.0 Å².